The molecule has 1 N–H and O–H groups in total. The van der Waals surface area contributed by atoms with Gasteiger partial charge in [0, 0.05) is 18.5 Å². The van der Waals surface area contributed by atoms with Crippen molar-refractivity contribution >= 4 is 22.9 Å². The minimum absolute atomic E-state index is 0.136. The van der Waals surface area contributed by atoms with Gasteiger partial charge in [0.25, 0.3) is 5.91 Å². The number of carbonyl (C=O) groups is 2. The van der Waals surface area contributed by atoms with Crippen molar-refractivity contribution in [3.05, 3.63) is 47.8 Å². The van der Waals surface area contributed by atoms with E-state index >= 15 is 0 Å². The van der Waals surface area contributed by atoms with Crippen molar-refractivity contribution in [2.24, 2.45) is 0 Å². The first-order valence-electron chi connectivity index (χ1n) is 11.1. The largest absolute Gasteiger partial charge is 0.493 e. The zero-order valence-electron chi connectivity index (χ0n) is 20.1. The first-order valence-corrected chi connectivity index (χ1v) is 11.1. The van der Waals surface area contributed by atoms with Gasteiger partial charge in [-0.3, -0.25) is 9.59 Å². The first-order chi connectivity index (χ1) is 16.5. The third kappa shape index (κ3) is 5.78. The number of amides is 1. The number of nitrogens with zero attached hydrogens (tertiary/aromatic N) is 2. The highest BCUT2D eigenvalue weighted by atomic mass is 16.5. The van der Waals surface area contributed by atoms with Gasteiger partial charge in [0.1, 0.15) is 12.4 Å². The number of benzene rings is 2. The number of imidazole rings is 1. The number of unbranched alkanes of at least 4 members (excludes halogenated alkanes) is 2. The summed E-state index contributed by atoms with van der Waals surface area (Å²) in [6.07, 6.45) is 3.32. The third-order valence-corrected chi connectivity index (χ3v) is 5.54. The van der Waals surface area contributed by atoms with Crippen LogP contribution in [0.5, 0.6) is 17.2 Å². The summed E-state index contributed by atoms with van der Waals surface area (Å²) >= 11 is 0. The van der Waals surface area contributed by atoms with E-state index in [1.165, 1.54) is 28.4 Å². The Kier molecular flexibility index (Phi) is 8.73. The number of methoxy groups -OCH3 is 4. The molecule has 0 fully saturated rings. The van der Waals surface area contributed by atoms with Gasteiger partial charge in [-0.2, -0.15) is 0 Å². The van der Waals surface area contributed by atoms with Crippen LogP contribution < -0.4 is 19.5 Å². The minimum atomic E-state index is -0.307. The van der Waals surface area contributed by atoms with Gasteiger partial charge < -0.3 is 28.8 Å². The second-order valence-electron chi connectivity index (χ2n) is 7.66. The van der Waals surface area contributed by atoms with Gasteiger partial charge in [-0.15, -0.1) is 0 Å². The second kappa shape index (κ2) is 11.9. The molecule has 34 heavy (non-hydrogen) atoms. The molecule has 0 spiro atoms. The summed E-state index contributed by atoms with van der Waals surface area (Å²) in [7, 11) is 5.93. The lowest BCUT2D eigenvalue weighted by Gasteiger charge is -2.14. The number of ether oxygens (including phenoxy) is 4. The Bertz CT molecular complexity index is 1120. The van der Waals surface area contributed by atoms with Gasteiger partial charge >= 0.3 is 5.97 Å². The Morgan fingerprint density at radius 1 is 0.941 bits per heavy atom. The molecule has 1 amide bonds. The summed E-state index contributed by atoms with van der Waals surface area (Å²) in [4.78, 5) is 29.1. The third-order valence-electron chi connectivity index (χ3n) is 5.54. The monoisotopic (exact) mass is 469 g/mol. The summed E-state index contributed by atoms with van der Waals surface area (Å²) in [5, 5.41) is 2.93. The van der Waals surface area contributed by atoms with Crippen molar-refractivity contribution in [3.8, 4) is 17.2 Å². The fourth-order valence-electron chi connectivity index (χ4n) is 3.79. The molecule has 0 bridgehead atoms. The molecule has 1 aromatic heterocycles. The molecule has 1 heterocycles. The van der Waals surface area contributed by atoms with Crippen LogP contribution in [-0.4, -0.2) is 56.4 Å². The SMILES string of the molecule is COC(=O)Cn1c(CCCCCNC(=O)c2cc(OC)c(OC)c(OC)c2)nc2ccccc21. The Labute approximate surface area is 199 Å². The number of rotatable bonds is 12. The molecule has 0 radical (unpaired) electrons. The molecule has 182 valence electrons. The Morgan fingerprint density at radius 2 is 1.65 bits per heavy atom. The summed E-state index contributed by atoms with van der Waals surface area (Å²) in [5.74, 6) is 1.65. The number of esters is 1. The molecule has 9 nitrogen and oxygen atoms in total. The number of hydrogen-bond donors (Lipinski definition) is 1. The lowest BCUT2D eigenvalue weighted by atomic mass is 10.1. The number of hydrogen-bond acceptors (Lipinski definition) is 7. The molecule has 0 aliphatic carbocycles. The van der Waals surface area contributed by atoms with E-state index in [-0.39, 0.29) is 18.4 Å². The van der Waals surface area contributed by atoms with Gasteiger partial charge in [0.05, 0.1) is 39.5 Å². The summed E-state index contributed by atoms with van der Waals surface area (Å²) in [5.41, 5.74) is 2.21. The standard InChI is InChI=1S/C25H31N3O6/c1-31-20-14-17(15-21(32-2)24(20)34-4)25(30)26-13-9-5-6-12-22-27-18-10-7-8-11-19(18)28(22)16-23(29)33-3/h7-8,10-11,14-15H,5-6,9,12-13,16H2,1-4H3,(H,26,30). The molecular formula is C25H31N3O6. The quantitative estimate of drug-likeness (QED) is 0.321. The average molecular weight is 470 g/mol. The van der Waals surface area contributed by atoms with E-state index in [1.807, 2.05) is 28.8 Å². The molecule has 3 rings (SSSR count). The maximum atomic E-state index is 12.6. The molecule has 0 aliphatic heterocycles. The van der Waals surface area contributed by atoms with Crippen LogP contribution >= 0.6 is 0 Å². The molecule has 9 heteroatoms. The average Bonchev–Trinajstić information content (AvgIpc) is 3.21. The van der Waals surface area contributed by atoms with E-state index in [0.717, 1.165) is 42.5 Å². The van der Waals surface area contributed by atoms with Crippen LogP contribution in [0.25, 0.3) is 11.0 Å². The normalized spacial score (nSPS) is 10.7. The molecule has 0 saturated heterocycles. The fraction of sp³-hybridized carbons (Fsp3) is 0.400. The minimum Gasteiger partial charge on any atom is -0.493 e. The molecule has 0 atom stereocenters. The highest BCUT2D eigenvalue weighted by molar-refractivity contribution is 5.95. The van der Waals surface area contributed by atoms with Crippen LogP contribution in [0.2, 0.25) is 0 Å². The van der Waals surface area contributed by atoms with E-state index in [2.05, 4.69) is 10.3 Å². The van der Waals surface area contributed by atoms with Crippen LogP contribution in [-0.2, 0) is 22.5 Å². The number of para-hydroxylation sites is 2. The van der Waals surface area contributed by atoms with E-state index in [4.69, 9.17) is 18.9 Å². The van der Waals surface area contributed by atoms with Crippen LogP contribution in [0.1, 0.15) is 35.4 Å². The lowest BCUT2D eigenvalue weighted by molar-refractivity contribution is -0.141. The molecule has 3 aromatic rings. The number of aryl methyl sites for hydroxylation is 1. The van der Waals surface area contributed by atoms with Crippen molar-refractivity contribution in [1.82, 2.24) is 14.9 Å². The van der Waals surface area contributed by atoms with E-state index < -0.39 is 0 Å². The number of carbonyl (C=O) groups excluding carboxylic acids is 2. The van der Waals surface area contributed by atoms with Crippen molar-refractivity contribution in [2.75, 3.05) is 35.0 Å². The maximum Gasteiger partial charge on any atom is 0.325 e. The predicted molar refractivity (Wildman–Crippen MR) is 128 cm³/mol. The smallest absolute Gasteiger partial charge is 0.325 e. The van der Waals surface area contributed by atoms with Crippen molar-refractivity contribution in [2.45, 2.75) is 32.2 Å². The van der Waals surface area contributed by atoms with Crippen LogP contribution in [0.15, 0.2) is 36.4 Å². The van der Waals surface area contributed by atoms with Crippen molar-refractivity contribution in [1.29, 1.82) is 0 Å². The first kappa shape index (κ1) is 24.9. The summed E-state index contributed by atoms with van der Waals surface area (Å²) in [6.45, 7) is 0.672. The molecule has 0 aliphatic rings. The van der Waals surface area contributed by atoms with E-state index in [9.17, 15) is 9.59 Å². The summed E-state index contributed by atoms with van der Waals surface area (Å²) in [6, 6.07) is 11.0. The Balaban J connectivity index is 1.52. The molecular weight excluding hydrogens is 438 g/mol. The Hall–Kier alpha value is -3.75. The fourth-order valence-corrected chi connectivity index (χ4v) is 3.79. The molecule has 0 saturated carbocycles. The van der Waals surface area contributed by atoms with E-state index in [0.29, 0.717) is 29.4 Å². The lowest BCUT2D eigenvalue weighted by Crippen LogP contribution is -2.24. The highest BCUT2D eigenvalue weighted by Gasteiger charge is 2.17. The van der Waals surface area contributed by atoms with Gasteiger partial charge in [-0.05, 0) is 37.1 Å². The number of fused-ring (bicyclic) bond motifs is 1. The van der Waals surface area contributed by atoms with Crippen LogP contribution in [0.4, 0.5) is 0 Å². The topological polar surface area (TPSA) is 101 Å². The Morgan fingerprint density at radius 3 is 2.29 bits per heavy atom. The predicted octanol–water partition coefficient (Wildman–Crippen LogP) is 3.38. The second-order valence-corrected chi connectivity index (χ2v) is 7.66. The van der Waals surface area contributed by atoms with Gasteiger partial charge in [0.2, 0.25) is 5.75 Å². The molecule has 2 aromatic carbocycles. The zero-order chi connectivity index (χ0) is 24.5. The van der Waals surface area contributed by atoms with Crippen LogP contribution in [0, 0.1) is 0 Å². The number of nitrogens with one attached hydrogen (secondary N) is 1. The maximum absolute atomic E-state index is 12.6. The van der Waals surface area contributed by atoms with E-state index in [1.54, 1.807) is 12.1 Å². The van der Waals surface area contributed by atoms with Gasteiger partial charge in [-0.1, -0.05) is 18.6 Å². The molecule has 0 unspecified atom stereocenters. The van der Waals surface area contributed by atoms with Crippen molar-refractivity contribution < 1.29 is 28.5 Å². The van der Waals surface area contributed by atoms with Gasteiger partial charge in [-0.25, -0.2) is 4.98 Å². The highest BCUT2D eigenvalue weighted by Crippen LogP contribution is 2.38. The number of aromatic nitrogens is 2. The van der Waals surface area contributed by atoms with Crippen LogP contribution in [0.3, 0.4) is 0 Å². The summed E-state index contributed by atoms with van der Waals surface area (Å²) < 4.78 is 22.7. The van der Waals surface area contributed by atoms with Gasteiger partial charge in [0.15, 0.2) is 11.5 Å². The van der Waals surface area contributed by atoms with Crippen molar-refractivity contribution in [3.63, 3.8) is 0 Å². The zero-order valence-corrected chi connectivity index (χ0v) is 20.1.